The Morgan fingerprint density at radius 1 is 0.875 bits per heavy atom. The molecule has 0 radical (unpaired) electrons. The fourth-order valence-corrected chi connectivity index (χ4v) is 3.28. The average Bonchev–Trinajstić information content (AvgIpc) is 2.53. The highest BCUT2D eigenvalue weighted by atomic mass is 35.5. The molecule has 1 N–H and O–H groups in total. The molecule has 2 aromatic carbocycles. The zero-order chi connectivity index (χ0) is 18.0. The third-order valence-corrected chi connectivity index (χ3v) is 4.93. The number of hydrogen-bond acceptors (Lipinski definition) is 4. The lowest BCUT2D eigenvalue weighted by Gasteiger charge is -2.15. The fourth-order valence-electron chi connectivity index (χ4n) is 1.86. The lowest BCUT2D eigenvalue weighted by molar-refractivity contribution is 0.119. The van der Waals surface area contributed by atoms with Gasteiger partial charge in [-0.3, -0.25) is 0 Å². The van der Waals surface area contributed by atoms with Crippen molar-refractivity contribution in [3.8, 4) is 23.0 Å². The molecule has 0 saturated heterocycles. The van der Waals surface area contributed by atoms with Gasteiger partial charge in [0, 0.05) is 6.07 Å². The van der Waals surface area contributed by atoms with E-state index in [1.807, 2.05) is 0 Å². The standard InChI is InChI=1S/C15H11Cl5O4/c1-6-11(18)9(21)4-10(12(6)19)23-5-24-15-8(17)3-7(16)14(22-2)13(15)20/h3-4,21H,5H2,1-2H3. The van der Waals surface area contributed by atoms with Crippen LogP contribution in [0.5, 0.6) is 23.0 Å². The molecule has 0 unspecified atom stereocenters. The number of benzene rings is 2. The number of aromatic hydroxyl groups is 1. The highest BCUT2D eigenvalue weighted by Gasteiger charge is 2.18. The Hall–Kier alpha value is -0.910. The zero-order valence-corrected chi connectivity index (χ0v) is 16.2. The Morgan fingerprint density at radius 2 is 1.50 bits per heavy atom. The maximum absolute atomic E-state index is 9.72. The Bertz CT molecular complexity index is 779. The molecule has 130 valence electrons. The Morgan fingerprint density at radius 3 is 2.12 bits per heavy atom. The van der Waals surface area contributed by atoms with Crippen molar-refractivity contribution in [2.24, 2.45) is 0 Å². The normalized spacial score (nSPS) is 10.6. The second-order valence-electron chi connectivity index (χ2n) is 4.57. The van der Waals surface area contributed by atoms with Crippen LogP contribution in [0.1, 0.15) is 5.56 Å². The van der Waals surface area contributed by atoms with Crippen molar-refractivity contribution in [1.29, 1.82) is 0 Å². The summed E-state index contributed by atoms with van der Waals surface area (Å²) in [6.45, 7) is 1.38. The summed E-state index contributed by atoms with van der Waals surface area (Å²) < 4.78 is 15.9. The molecule has 24 heavy (non-hydrogen) atoms. The number of rotatable bonds is 5. The molecular formula is C15H11Cl5O4. The Labute approximate surface area is 163 Å². The highest BCUT2D eigenvalue weighted by Crippen LogP contribution is 2.45. The minimum atomic E-state index is -0.273. The molecule has 0 aliphatic carbocycles. The van der Waals surface area contributed by atoms with Gasteiger partial charge < -0.3 is 19.3 Å². The number of phenols is 1. The summed E-state index contributed by atoms with van der Waals surface area (Å²) in [6.07, 6.45) is 0. The molecule has 0 spiro atoms. The number of halogens is 5. The van der Waals surface area contributed by atoms with Crippen LogP contribution in [0.3, 0.4) is 0 Å². The van der Waals surface area contributed by atoms with Gasteiger partial charge in [0.05, 0.1) is 27.2 Å². The van der Waals surface area contributed by atoms with Crippen molar-refractivity contribution in [2.45, 2.75) is 6.92 Å². The predicted octanol–water partition coefficient (Wildman–Crippen LogP) is 6.39. The highest BCUT2D eigenvalue weighted by molar-refractivity contribution is 6.42. The summed E-state index contributed by atoms with van der Waals surface area (Å²) in [4.78, 5) is 0. The van der Waals surface area contributed by atoms with Crippen LogP contribution in [0, 0.1) is 6.92 Å². The van der Waals surface area contributed by atoms with Crippen molar-refractivity contribution in [2.75, 3.05) is 13.9 Å². The van der Waals surface area contributed by atoms with E-state index in [-0.39, 0.29) is 54.9 Å². The summed E-state index contributed by atoms with van der Waals surface area (Å²) in [5.41, 5.74) is 0.484. The number of hydrogen-bond donors (Lipinski definition) is 1. The first kappa shape index (κ1) is 19.4. The van der Waals surface area contributed by atoms with Crippen LogP contribution < -0.4 is 14.2 Å². The van der Waals surface area contributed by atoms with Crippen molar-refractivity contribution in [3.05, 3.63) is 42.8 Å². The lowest BCUT2D eigenvalue weighted by atomic mass is 10.2. The maximum Gasteiger partial charge on any atom is 0.231 e. The molecule has 0 aliphatic rings. The van der Waals surface area contributed by atoms with Gasteiger partial charge in [-0.2, -0.15) is 0 Å². The van der Waals surface area contributed by atoms with Gasteiger partial charge in [0.2, 0.25) is 6.79 Å². The van der Waals surface area contributed by atoms with Crippen molar-refractivity contribution < 1.29 is 19.3 Å². The summed E-state index contributed by atoms with van der Waals surface area (Å²) >= 11 is 30.2. The largest absolute Gasteiger partial charge is 0.506 e. The number of methoxy groups -OCH3 is 1. The van der Waals surface area contributed by atoms with E-state index in [0.717, 1.165) is 0 Å². The summed E-state index contributed by atoms with van der Waals surface area (Å²) in [5, 5.41) is 10.7. The molecule has 0 heterocycles. The van der Waals surface area contributed by atoms with Gasteiger partial charge in [0.25, 0.3) is 0 Å². The van der Waals surface area contributed by atoms with E-state index < -0.39 is 0 Å². The fraction of sp³-hybridized carbons (Fsp3) is 0.200. The minimum Gasteiger partial charge on any atom is -0.506 e. The second-order valence-corrected chi connectivity index (χ2v) is 6.52. The molecule has 2 rings (SSSR count). The van der Waals surface area contributed by atoms with Crippen molar-refractivity contribution in [1.82, 2.24) is 0 Å². The second kappa shape index (κ2) is 7.98. The van der Waals surface area contributed by atoms with Gasteiger partial charge in [0.15, 0.2) is 11.5 Å². The molecule has 0 saturated carbocycles. The number of ether oxygens (including phenoxy) is 3. The molecule has 0 fully saturated rings. The summed E-state index contributed by atoms with van der Waals surface area (Å²) in [5.74, 6) is 0.420. The van der Waals surface area contributed by atoms with E-state index >= 15 is 0 Å². The third-order valence-electron chi connectivity index (χ3n) is 3.08. The van der Waals surface area contributed by atoms with Crippen molar-refractivity contribution >= 4 is 58.0 Å². The van der Waals surface area contributed by atoms with Crippen LogP contribution in [0.4, 0.5) is 0 Å². The van der Waals surface area contributed by atoms with Crippen LogP contribution in [0.2, 0.25) is 25.1 Å². The van der Waals surface area contributed by atoms with Crippen LogP contribution in [-0.2, 0) is 0 Å². The topological polar surface area (TPSA) is 47.9 Å². The first-order chi connectivity index (χ1) is 11.3. The smallest absolute Gasteiger partial charge is 0.231 e. The summed E-state index contributed by atoms with van der Waals surface area (Å²) in [6, 6.07) is 2.72. The molecule has 0 amide bonds. The average molecular weight is 433 g/mol. The SMILES string of the molecule is COc1c(Cl)cc(Cl)c(OCOc2cc(O)c(Cl)c(C)c2Cl)c1Cl. The van der Waals surface area contributed by atoms with Gasteiger partial charge >= 0.3 is 0 Å². The summed E-state index contributed by atoms with van der Waals surface area (Å²) in [7, 11) is 1.42. The minimum absolute atomic E-state index is 0.111. The molecule has 4 nitrogen and oxygen atoms in total. The molecule has 0 aromatic heterocycles. The van der Waals surface area contributed by atoms with Crippen LogP contribution >= 0.6 is 58.0 Å². The van der Waals surface area contributed by atoms with E-state index in [9.17, 15) is 5.11 Å². The zero-order valence-electron chi connectivity index (χ0n) is 12.4. The quantitative estimate of drug-likeness (QED) is 0.556. The third kappa shape index (κ3) is 3.84. The molecule has 2 aromatic rings. The van der Waals surface area contributed by atoms with Crippen LogP contribution in [0.15, 0.2) is 12.1 Å². The van der Waals surface area contributed by atoms with E-state index in [0.29, 0.717) is 5.56 Å². The maximum atomic E-state index is 9.72. The van der Waals surface area contributed by atoms with Crippen molar-refractivity contribution in [3.63, 3.8) is 0 Å². The van der Waals surface area contributed by atoms with Gasteiger partial charge in [-0.25, -0.2) is 0 Å². The molecule has 0 aliphatic heterocycles. The molecule has 0 atom stereocenters. The number of phenolic OH excluding ortho intramolecular Hbond substituents is 1. The van der Waals surface area contributed by atoms with Gasteiger partial charge in [0.1, 0.15) is 16.5 Å². The monoisotopic (exact) mass is 430 g/mol. The van der Waals surface area contributed by atoms with E-state index in [4.69, 9.17) is 72.2 Å². The molecule has 9 heteroatoms. The predicted molar refractivity (Wildman–Crippen MR) is 97.0 cm³/mol. The van der Waals surface area contributed by atoms with Gasteiger partial charge in [-0.1, -0.05) is 58.0 Å². The van der Waals surface area contributed by atoms with E-state index in [1.54, 1.807) is 6.92 Å². The van der Waals surface area contributed by atoms with Crippen LogP contribution in [0.25, 0.3) is 0 Å². The first-order valence-corrected chi connectivity index (χ1v) is 8.31. The Kier molecular flexibility index (Phi) is 6.46. The van der Waals surface area contributed by atoms with Crippen LogP contribution in [-0.4, -0.2) is 19.0 Å². The first-order valence-electron chi connectivity index (χ1n) is 6.42. The Balaban J connectivity index is 2.19. The van der Waals surface area contributed by atoms with Gasteiger partial charge in [-0.15, -0.1) is 0 Å². The van der Waals surface area contributed by atoms with E-state index in [2.05, 4.69) is 0 Å². The lowest BCUT2D eigenvalue weighted by Crippen LogP contribution is -2.07. The molecule has 0 bridgehead atoms. The molecular weight excluding hydrogens is 421 g/mol. The van der Waals surface area contributed by atoms with E-state index in [1.165, 1.54) is 19.2 Å². The van der Waals surface area contributed by atoms with Gasteiger partial charge in [-0.05, 0) is 18.6 Å².